The van der Waals surface area contributed by atoms with E-state index in [0.29, 0.717) is 11.2 Å². The fourth-order valence-corrected chi connectivity index (χ4v) is 7.93. The van der Waals surface area contributed by atoms with Crippen molar-refractivity contribution < 1.29 is 54.5 Å². The predicted octanol–water partition coefficient (Wildman–Crippen LogP) is 2.89. The zero-order chi connectivity index (χ0) is 52.0. The minimum Gasteiger partial charge on any atom is -0.423 e. The van der Waals surface area contributed by atoms with Crippen LogP contribution in [0.15, 0.2) is 142 Å². The van der Waals surface area contributed by atoms with Crippen molar-refractivity contribution in [2.75, 3.05) is 104 Å². The van der Waals surface area contributed by atoms with Gasteiger partial charge in [0.15, 0.2) is 0 Å². The van der Waals surface area contributed by atoms with Crippen molar-refractivity contribution >= 4 is 29.6 Å². The first-order valence-electron chi connectivity index (χ1n) is 24.1. The van der Waals surface area contributed by atoms with Crippen LogP contribution in [0.5, 0.6) is 0 Å². The number of aromatic nitrogens is 3. The van der Waals surface area contributed by atoms with Gasteiger partial charge in [-0.2, -0.15) is 0 Å². The van der Waals surface area contributed by atoms with Crippen LogP contribution in [0.2, 0.25) is 0 Å². The van der Waals surface area contributed by atoms with Crippen LogP contribution in [0.4, 0.5) is 17.1 Å². The van der Waals surface area contributed by atoms with Gasteiger partial charge in [0.25, 0.3) is 5.56 Å². The van der Waals surface area contributed by atoms with Crippen LogP contribution in [0.3, 0.4) is 0 Å². The summed E-state index contributed by atoms with van der Waals surface area (Å²) >= 11 is 0. The Bertz CT molecular complexity index is 2840. The number of H-pyrrole nitrogens is 1. The molecule has 6 heterocycles. The SMILES string of the molecule is Nc1cccn(-c2ccc(CCN3CCOCC3)cc2)c1=O.O=c1[nH]cccc1[N+](=O)[O-].O=c1c([N+](=O)[O-])cccn1-c1ccc(CCN2CCOCC2)cc1.OB(O)c1ccc(CCN2CCOCC2)cc1.[CH3-].[Pd]. The summed E-state index contributed by atoms with van der Waals surface area (Å²) in [7, 11) is -1.37. The molecule has 75 heavy (non-hydrogen) atoms. The van der Waals surface area contributed by atoms with E-state index in [2.05, 4.69) is 31.8 Å². The largest absolute Gasteiger partial charge is 0.488 e. The Labute approximate surface area is 449 Å². The maximum absolute atomic E-state index is 12.1. The topological polar surface area (TPSA) is 267 Å². The maximum atomic E-state index is 12.1. The molecule has 0 radical (unpaired) electrons. The minimum absolute atomic E-state index is 0. The van der Waals surface area contributed by atoms with Crippen LogP contribution in [-0.2, 0) is 53.9 Å². The van der Waals surface area contributed by atoms with Crippen LogP contribution in [-0.4, -0.2) is 154 Å². The summed E-state index contributed by atoms with van der Waals surface area (Å²) in [6, 6.07) is 31.8. The van der Waals surface area contributed by atoms with E-state index in [1.807, 2.05) is 48.5 Å². The van der Waals surface area contributed by atoms with Crippen molar-refractivity contribution in [2.24, 2.45) is 0 Å². The van der Waals surface area contributed by atoms with E-state index >= 15 is 0 Å². The molecule has 3 saturated heterocycles. The number of nitrogen functional groups attached to an aromatic ring is 1. The molecule has 3 fully saturated rings. The number of anilines is 1. The summed E-state index contributed by atoms with van der Waals surface area (Å²) in [6.45, 7) is 13.9. The van der Waals surface area contributed by atoms with Crippen LogP contribution < -0.4 is 27.9 Å². The Hall–Kier alpha value is -6.48. The number of benzene rings is 3. The third-order valence-corrected chi connectivity index (χ3v) is 12.3. The molecule has 3 aromatic carbocycles. The van der Waals surface area contributed by atoms with Crippen molar-refractivity contribution in [3.05, 3.63) is 203 Å². The molecule has 0 atom stereocenters. The molecule has 21 nitrogen and oxygen atoms in total. The second kappa shape index (κ2) is 32.1. The number of ether oxygens (including phenoxy) is 3. The maximum Gasteiger partial charge on any atom is 0.488 e. The average molecular weight is 1130 g/mol. The van der Waals surface area contributed by atoms with Gasteiger partial charge in [0, 0.05) is 121 Å². The van der Waals surface area contributed by atoms with E-state index in [-0.39, 0.29) is 39.1 Å². The average Bonchev–Trinajstić information content (AvgIpc) is 3.42. The van der Waals surface area contributed by atoms with E-state index in [1.165, 1.54) is 51.9 Å². The van der Waals surface area contributed by atoms with Crippen molar-refractivity contribution in [1.82, 2.24) is 28.8 Å². The number of hydrogen-bond donors (Lipinski definition) is 4. The van der Waals surface area contributed by atoms with Gasteiger partial charge in [0.05, 0.1) is 55.2 Å². The molecule has 3 aliphatic heterocycles. The molecule has 23 heteroatoms. The Morgan fingerprint density at radius 3 is 1.29 bits per heavy atom. The summed E-state index contributed by atoms with van der Waals surface area (Å²) in [5.41, 5.74) is 9.28. The molecular formula is C52H65BN9O12Pd-. The first kappa shape index (κ1) is 61.1. The van der Waals surface area contributed by atoms with E-state index in [9.17, 15) is 34.6 Å². The molecule has 404 valence electrons. The van der Waals surface area contributed by atoms with Crippen molar-refractivity contribution in [3.63, 3.8) is 0 Å². The monoisotopic (exact) mass is 1120 g/mol. The molecule has 0 unspecified atom stereocenters. The number of morpholine rings is 3. The molecule has 0 bridgehead atoms. The third kappa shape index (κ3) is 19.6. The van der Waals surface area contributed by atoms with Gasteiger partial charge in [-0.05, 0) is 89.9 Å². The van der Waals surface area contributed by atoms with Crippen LogP contribution in [0.1, 0.15) is 16.7 Å². The normalized spacial score (nSPS) is 14.6. The van der Waals surface area contributed by atoms with Gasteiger partial charge in [0.2, 0.25) is 0 Å². The van der Waals surface area contributed by atoms with Gasteiger partial charge < -0.3 is 42.4 Å². The van der Waals surface area contributed by atoms with Crippen LogP contribution >= 0.6 is 0 Å². The third-order valence-electron chi connectivity index (χ3n) is 12.3. The zero-order valence-corrected chi connectivity index (χ0v) is 43.5. The first-order chi connectivity index (χ1) is 35.4. The van der Waals surface area contributed by atoms with Gasteiger partial charge in [-0.25, -0.2) is 0 Å². The Kier molecular flexibility index (Phi) is 26.1. The number of aromatic amines is 1. The van der Waals surface area contributed by atoms with Crippen molar-refractivity contribution in [3.8, 4) is 11.4 Å². The van der Waals surface area contributed by atoms with E-state index in [0.717, 1.165) is 130 Å². The molecule has 9 rings (SSSR count). The number of nitro groups is 2. The fourth-order valence-electron chi connectivity index (χ4n) is 7.93. The number of rotatable bonds is 14. The minimum atomic E-state index is -1.37. The Morgan fingerprint density at radius 2 is 0.920 bits per heavy atom. The van der Waals surface area contributed by atoms with Gasteiger partial charge >= 0.3 is 29.6 Å². The van der Waals surface area contributed by atoms with Crippen LogP contribution in [0.25, 0.3) is 11.4 Å². The van der Waals surface area contributed by atoms with E-state index in [1.54, 1.807) is 35.0 Å². The van der Waals surface area contributed by atoms with Gasteiger partial charge in [-0.15, -0.1) is 0 Å². The van der Waals surface area contributed by atoms with Gasteiger partial charge in [-0.3, -0.25) is 58.4 Å². The molecule has 6 aromatic rings. The van der Waals surface area contributed by atoms with Gasteiger partial charge in [0.1, 0.15) is 0 Å². The summed E-state index contributed by atoms with van der Waals surface area (Å²) < 4.78 is 18.8. The van der Waals surface area contributed by atoms with E-state index < -0.39 is 39.5 Å². The Morgan fingerprint density at radius 1 is 0.547 bits per heavy atom. The Balaban J connectivity index is 0.000000223. The van der Waals surface area contributed by atoms with Crippen LogP contribution in [0, 0.1) is 27.7 Å². The summed E-state index contributed by atoms with van der Waals surface area (Å²) in [5.74, 6) is 0. The smallest absolute Gasteiger partial charge is 0.423 e. The predicted molar refractivity (Wildman–Crippen MR) is 284 cm³/mol. The summed E-state index contributed by atoms with van der Waals surface area (Å²) in [4.78, 5) is 63.6. The zero-order valence-electron chi connectivity index (χ0n) is 41.9. The number of nitrogens with zero attached hydrogens (tertiary/aromatic N) is 7. The summed E-state index contributed by atoms with van der Waals surface area (Å²) in [6.07, 6.45) is 7.53. The molecule has 0 aliphatic carbocycles. The molecular weight excluding hydrogens is 1060 g/mol. The molecule has 0 amide bonds. The van der Waals surface area contributed by atoms with Gasteiger partial charge in [-0.1, -0.05) is 48.5 Å². The number of nitrogens with two attached hydrogens (primary N) is 1. The molecule has 3 aromatic heterocycles. The van der Waals surface area contributed by atoms with Crippen molar-refractivity contribution in [1.29, 1.82) is 0 Å². The number of nitrogens with one attached hydrogen (secondary N) is 1. The van der Waals surface area contributed by atoms with E-state index in [4.69, 9.17) is 30.0 Å². The molecule has 0 spiro atoms. The molecule has 0 saturated carbocycles. The summed E-state index contributed by atoms with van der Waals surface area (Å²) in [5, 5.41) is 38.8. The standard InChI is InChI=1S/C17H19N3O4.C17H21N3O2.C12H18BNO3.C5H4N2O3.CH3.Pd/c21-17-16(20(22)23)2-1-8-19(17)15-5-3-14(4-6-15)7-9-18-10-12-24-13-11-18;18-16-2-1-8-20(17(16)21)15-5-3-14(4-6-15)7-9-19-10-12-22-13-11-19;15-13(16)12-3-1-11(2-4-12)5-6-14-7-9-17-10-8-14;8-5-4(7(9)10)2-1-3-6-5;;/h1-6,8H,7,9-13H2;1-6,8H,7,9-13,18H2;1-4,15-16H,5-10H2;1-3H,(H,6,8);1H3;/q;;;;-1;. The molecule has 5 N–H and O–H groups in total. The fraction of sp³-hybridized carbons (Fsp3) is 0.346. The molecule has 3 aliphatic rings. The van der Waals surface area contributed by atoms with Crippen molar-refractivity contribution in [2.45, 2.75) is 19.3 Å². The second-order valence-corrected chi connectivity index (χ2v) is 17.2. The number of pyridine rings is 3. The second-order valence-electron chi connectivity index (χ2n) is 17.2. The first-order valence-corrected chi connectivity index (χ1v) is 24.1. The quantitative estimate of drug-likeness (QED) is 0.0529. The number of hydrogen-bond acceptors (Lipinski definition) is 16.